The van der Waals surface area contributed by atoms with Crippen molar-refractivity contribution in [2.24, 2.45) is 11.7 Å². The van der Waals surface area contributed by atoms with E-state index in [0.29, 0.717) is 57.8 Å². The lowest BCUT2D eigenvalue weighted by Gasteiger charge is -2.38. The minimum Gasteiger partial charge on any atom is -0.399 e. The Balaban J connectivity index is 0.000000514. The number of fused-ring (bicyclic) bond motifs is 1. The number of β-amino-alcohol motifs (C(OH)–C–C–N with tert-alkyl or cyclic N) is 1. The number of carbonyl (C=O) groups excluding carboxylic acids is 1. The number of amides is 2. The fraction of sp³-hybridized carbons (Fsp3) is 0.447. The van der Waals surface area contributed by atoms with Gasteiger partial charge in [0, 0.05) is 137 Å². The first kappa shape index (κ1) is 110. The van der Waals surface area contributed by atoms with Gasteiger partial charge >= 0.3 is 37.2 Å². The molecule has 5 unspecified atom stereocenters. The fourth-order valence-corrected chi connectivity index (χ4v) is 17.0. The number of urea groups is 1. The molecule has 5 aliphatic rings. The van der Waals surface area contributed by atoms with Crippen LogP contribution in [0.1, 0.15) is 140 Å². The number of anilines is 14. The Morgan fingerprint density at radius 3 is 1.47 bits per heavy atom. The number of hydrogen-bond acceptors (Lipinski definition) is 26. The summed E-state index contributed by atoms with van der Waals surface area (Å²) in [4.78, 5) is 24.2. The SMILES string of the molecule is CC1CCCCC(C)N1c1ccc(N)cc1.CC1CCN(c2ccc(N)c(Nc3ccc(Cl)cc3Cl)c2)CC1.CN(C)c1cc(N2CCCCC2COCCS)ccc1N.Cc1cc(N2CCCCCC2C)ccc1N.NC(=O)Nc1cc(N2CCCCC(O)C2)ccc1N.O=S(=O)(O)O.O=S(=O)(O)O.O=S(=O)(O)O.O=S(=O)(O)c1cccc2c(S(=O)(=O)O)cccc12.[HH].[HH].[HH]. The highest BCUT2D eigenvalue weighted by Gasteiger charge is 2.27. The summed E-state index contributed by atoms with van der Waals surface area (Å²) in [5.74, 6) is 1.59. The van der Waals surface area contributed by atoms with Crippen LogP contribution in [0, 0.1) is 12.8 Å². The number of hydrogen-bond donors (Lipinski definition) is 18. The van der Waals surface area contributed by atoms with Crippen LogP contribution in [0.15, 0.2) is 161 Å². The van der Waals surface area contributed by atoms with E-state index in [2.05, 4.69) is 136 Å². The number of aryl methyl sites for hydroxylation is 1. The van der Waals surface area contributed by atoms with E-state index >= 15 is 0 Å². The van der Waals surface area contributed by atoms with E-state index in [1.807, 2.05) is 62.6 Å². The molecule has 5 saturated heterocycles. The van der Waals surface area contributed by atoms with E-state index in [1.54, 1.807) is 18.2 Å². The van der Waals surface area contributed by atoms with Crippen LogP contribution in [0.4, 0.5) is 84.4 Å². The Hall–Kier alpha value is -8.83. The third-order valence-corrected chi connectivity index (χ3v) is 23.9. The molecular formula is C85H132Cl2N14O21S6. The van der Waals surface area contributed by atoms with E-state index in [-0.39, 0.29) is 21.2 Å². The van der Waals surface area contributed by atoms with Gasteiger partial charge in [0.2, 0.25) is 0 Å². The van der Waals surface area contributed by atoms with Gasteiger partial charge in [-0.15, -0.1) is 0 Å². The van der Waals surface area contributed by atoms with Crippen molar-refractivity contribution in [2.45, 2.75) is 177 Å². The zero-order valence-corrected chi connectivity index (χ0v) is 79.4. The normalized spacial score (nSPS) is 18.1. The van der Waals surface area contributed by atoms with E-state index in [1.165, 1.54) is 143 Å². The Morgan fingerprint density at radius 2 is 0.945 bits per heavy atom. The maximum Gasteiger partial charge on any atom is 0.394 e. The molecule has 5 fully saturated rings. The van der Waals surface area contributed by atoms with Gasteiger partial charge in [-0.25, -0.2) is 4.79 Å². The molecule has 8 aromatic carbocycles. The number of nitrogens with zero attached hydrogens (tertiary/aromatic N) is 6. The van der Waals surface area contributed by atoms with Crippen molar-refractivity contribution in [1.82, 2.24) is 0 Å². The highest BCUT2D eigenvalue weighted by Crippen LogP contribution is 2.38. The predicted octanol–water partition coefficient (Wildman–Crippen LogP) is 16.2. The smallest absolute Gasteiger partial charge is 0.394 e. The molecule has 43 heteroatoms. The Kier molecular flexibility index (Phi) is 44.8. The van der Waals surface area contributed by atoms with Gasteiger partial charge in [0.05, 0.1) is 70.2 Å². The van der Waals surface area contributed by atoms with Gasteiger partial charge in [0.25, 0.3) is 20.2 Å². The average molecular weight is 1950 g/mol. The molecule has 5 heterocycles. The lowest BCUT2D eigenvalue weighted by atomic mass is 9.99. The van der Waals surface area contributed by atoms with Gasteiger partial charge in [0.15, 0.2) is 0 Å². The van der Waals surface area contributed by atoms with Crippen LogP contribution >= 0.6 is 35.8 Å². The van der Waals surface area contributed by atoms with Crippen LogP contribution in [-0.2, 0) is 56.2 Å². The maximum atomic E-state index is 11.2. The van der Waals surface area contributed by atoms with Crippen LogP contribution < -0.4 is 74.4 Å². The predicted molar refractivity (Wildman–Crippen MR) is 526 cm³/mol. The Labute approximate surface area is 773 Å². The number of aliphatic hydroxyl groups excluding tert-OH is 1. The molecule has 35 nitrogen and oxygen atoms in total. The maximum absolute atomic E-state index is 11.2. The molecule has 128 heavy (non-hydrogen) atoms. The van der Waals surface area contributed by atoms with E-state index in [4.69, 9.17) is 124 Å². The van der Waals surface area contributed by atoms with Crippen molar-refractivity contribution in [3.63, 3.8) is 0 Å². The first-order chi connectivity index (χ1) is 59.8. The zero-order chi connectivity index (χ0) is 95.6. The first-order valence-corrected chi connectivity index (χ1v) is 49.9. The molecule has 13 rings (SSSR count). The second kappa shape index (κ2) is 52.3. The molecule has 23 N–H and O–H groups in total. The lowest BCUT2D eigenvalue weighted by Crippen LogP contribution is -2.42. The lowest BCUT2D eigenvalue weighted by molar-refractivity contribution is 0.126. The van der Waals surface area contributed by atoms with Crippen LogP contribution in [0.2, 0.25) is 10.0 Å². The Bertz CT molecular complexity index is 5290. The second-order valence-electron chi connectivity index (χ2n) is 31.6. The number of nitrogens with two attached hydrogens (primary N) is 6. The highest BCUT2D eigenvalue weighted by atomic mass is 35.5. The van der Waals surface area contributed by atoms with Crippen molar-refractivity contribution in [1.29, 1.82) is 0 Å². The number of primary amides is 1. The van der Waals surface area contributed by atoms with Crippen molar-refractivity contribution in [3.05, 3.63) is 167 Å². The molecule has 5 atom stereocenters. The number of ether oxygens (including phenoxy) is 1. The minimum atomic E-state index is -4.67. The van der Waals surface area contributed by atoms with Crippen molar-refractivity contribution in [2.75, 3.05) is 141 Å². The molecule has 718 valence electrons. The molecule has 0 saturated carbocycles. The third-order valence-electron chi connectivity index (χ3n) is 21.4. The molecular weight excluding hydrogens is 1820 g/mol. The van der Waals surface area contributed by atoms with Gasteiger partial charge in [-0.1, -0.05) is 80.1 Å². The number of halogens is 2. The van der Waals surface area contributed by atoms with Crippen LogP contribution in [-0.4, -0.2) is 192 Å². The molecule has 0 radical (unpaired) electrons. The molecule has 0 spiro atoms. The van der Waals surface area contributed by atoms with Crippen molar-refractivity contribution < 1.29 is 97.4 Å². The van der Waals surface area contributed by atoms with Gasteiger partial charge in [0.1, 0.15) is 9.79 Å². The number of thiol groups is 1. The number of piperidine rings is 2. The van der Waals surface area contributed by atoms with Crippen LogP contribution in [0.25, 0.3) is 10.8 Å². The third kappa shape index (κ3) is 40.3. The molecule has 0 aliphatic carbocycles. The molecule has 8 aromatic rings. The quantitative estimate of drug-likeness (QED) is 0.0196. The number of rotatable bonds is 15. The first-order valence-electron chi connectivity index (χ1n) is 41.4. The van der Waals surface area contributed by atoms with Gasteiger partial charge in [-0.05, 0) is 244 Å². The van der Waals surface area contributed by atoms with Gasteiger partial charge < -0.3 is 84.3 Å². The zero-order valence-electron chi connectivity index (χ0n) is 72.9. The molecule has 5 aliphatic heterocycles. The van der Waals surface area contributed by atoms with Crippen molar-refractivity contribution in [3.8, 4) is 0 Å². The summed E-state index contributed by atoms with van der Waals surface area (Å²) in [7, 11) is -18.9. The summed E-state index contributed by atoms with van der Waals surface area (Å²) >= 11 is 16.4. The number of nitrogens with one attached hydrogen (secondary N) is 2. The summed E-state index contributed by atoms with van der Waals surface area (Å²) in [5.41, 5.74) is 48.9. The number of benzene rings is 8. The molecule has 0 bridgehead atoms. The van der Waals surface area contributed by atoms with E-state index in [0.717, 1.165) is 122 Å². The summed E-state index contributed by atoms with van der Waals surface area (Å²) in [6, 6.07) is 47.2. The van der Waals surface area contributed by atoms with Crippen molar-refractivity contribution >= 4 is 184 Å². The average Bonchev–Trinajstić information content (AvgIpc) is 0.884. The van der Waals surface area contributed by atoms with Gasteiger partial charge in [-0.2, -0.15) is 54.7 Å². The number of nitrogen functional groups attached to an aromatic ring is 5. The van der Waals surface area contributed by atoms with E-state index < -0.39 is 67.3 Å². The van der Waals surface area contributed by atoms with E-state index in [9.17, 15) is 26.7 Å². The Morgan fingerprint density at radius 1 is 0.492 bits per heavy atom. The fourth-order valence-electron chi connectivity index (χ4n) is 15.0. The summed E-state index contributed by atoms with van der Waals surface area (Å²) in [6.45, 7) is 18.8. The summed E-state index contributed by atoms with van der Waals surface area (Å²) < 4.78 is 163. The van der Waals surface area contributed by atoms with Crippen LogP contribution in [0.5, 0.6) is 0 Å². The highest BCUT2D eigenvalue weighted by molar-refractivity contribution is 7.86. The second-order valence-corrected chi connectivity index (χ2v) is 38.4. The summed E-state index contributed by atoms with van der Waals surface area (Å²) in [5, 5.41) is 16.9. The standard InChI is InChI=1S/C18H21Cl2N3.C16H27N3OS.2C14H22N2.C13H20N4O2.C10H8O6S2.3H2O4S.3H2/c1-12-6-8-23(9-7-12)14-3-4-16(21)18(11-14)22-17-5-2-13(19)10-15(17)20;1-18(2)16-11-13(6-7-15(16)17)19-8-4-3-5-14(19)12-20-9-10-21;1-11-5-3-4-6-12(2)16(11)14-9-7-13(15)8-10-14;1-11-10-13(7-8-14(11)15)16-9-5-3-4-6-12(16)2;14-11-5-4-9(7-12(11)16-13(15)19)17-6-2-1-3-10(18)8-17;11-17(12,13)9-5-1-3-7-8(9)4-2-6-10(7)18(14,15)16;3*1-5(2,3)4;;;/h2-5,10-12,22H,6-9,21H2,1H3;6-7,11,14,21H,3-5,8-10,12,17H2,1-2H3;7-12H,3-6,15H2,1-2H3;7-8,10,12H,3-6,9,15H2,1-2H3;4-5,7,10,18H,1-3,6,8,14H2,(H3,15,16,19);1-6H,(H,11,12,13)(H,14,15,16);3*(H2,1,2,3,4);3*1H. The topological polar surface area (TPSA) is 579 Å². The number of aliphatic hydroxyl groups is 1. The monoisotopic (exact) mass is 1950 g/mol. The van der Waals surface area contributed by atoms with Crippen LogP contribution in [0.3, 0.4) is 0 Å². The number of carbonyl (C=O) groups is 1. The summed E-state index contributed by atoms with van der Waals surface area (Å²) in [6.07, 6.45) is 19.4. The molecule has 2 amide bonds. The molecule has 0 aromatic heterocycles. The minimum absolute atomic E-state index is 0. The largest absolute Gasteiger partial charge is 0.399 e. The van der Waals surface area contributed by atoms with Gasteiger partial charge in [-0.3, -0.25) is 36.4 Å².